The Morgan fingerprint density at radius 2 is 1.65 bits per heavy atom. The van der Waals surface area contributed by atoms with Gasteiger partial charge in [0.05, 0.1) is 36.3 Å². The van der Waals surface area contributed by atoms with Gasteiger partial charge in [0.1, 0.15) is 12.3 Å². The smallest absolute Gasteiger partial charge is 0.253 e. The van der Waals surface area contributed by atoms with Crippen LogP contribution in [0, 0.1) is 0 Å². The fourth-order valence-corrected chi connectivity index (χ4v) is 4.22. The van der Waals surface area contributed by atoms with E-state index in [1.165, 1.54) is 13.2 Å². The molecule has 0 unspecified atom stereocenters. The van der Waals surface area contributed by atoms with Crippen molar-refractivity contribution in [2.45, 2.75) is 13.0 Å². The lowest BCUT2D eigenvalue weighted by Crippen LogP contribution is -2.37. The van der Waals surface area contributed by atoms with Crippen LogP contribution in [0.15, 0.2) is 78.9 Å². The van der Waals surface area contributed by atoms with Crippen LogP contribution >= 0.6 is 0 Å². The third kappa shape index (κ3) is 6.35. The van der Waals surface area contributed by atoms with Crippen molar-refractivity contribution in [1.82, 2.24) is 5.32 Å². The lowest BCUT2D eigenvalue weighted by atomic mass is 10.1. The molecule has 0 saturated heterocycles. The maximum atomic E-state index is 12.9. The van der Waals surface area contributed by atoms with E-state index in [1.807, 2.05) is 37.3 Å². The van der Waals surface area contributed by atoms with Gasteiger partial charge in [-0.3, -0.25) is 13.9 Å². The van der Waals surface area contributed by atoms with Crippen LogP contribution < -0.4 is 19.7 Å². The molecule has 3 aromatic rings. The van der Waals surface area contributed by atoms with E-state index < -0.39 is 22.5 Å². The number of carbonyl (C=O) groups is 2. The Kier molecular flexibility index (Phi) is 7.91. The average molecular weight is 482 g/mol. The Labute approximate surface area is 199 Å². The molecular formula is C25H27N3O5S. The van der Waals surface area contributed by atoms with Gasteiger partial charge in [0.25, 0.3) is 5.91 Å². The molecule has 0 spiro atoms. The zero-order valence-corrected chi connectivity index (χ0v) is 20.0. The van der Waals surface area contributed by atoms with Gasteiger partial charge in [0.2, 0.25) is 15.9 Å². The molecule has 34 heavy (non-hydrogen) atoms. The third-order valence-electron chi connectivity index (χ3n) is 5.12. The van der Waals surface area contributed by atoms with Crippen LogP contribution in [0.2, 0.25) is 0 Å². The van der Waals surface area contributed by atoms with E-state index in [0.717, 1.165) is 16.1 Å². The second-order valence-electron chi connectivity index (χ2n) is 7.67. The normalized spacial score (nSPS) is 11.9. The maximum absolute atomic E-state index is 12.9. The van der Waals surface area contributed by atoms with Gasteiger partial charge in [-0.25, -0.2) is 8.42 Å². The molecule has 0 heterocycles. The summed E-state index contributed by atoms with van der Waals surface area (Å²) in [5.41, 5.74) is 1.79. The molecule has 0 aliphatic carbocycles. The molecule has 0 fully saturated rings. The summed E-state index contributed by atoms with van der Waals surface area (Å²) < 4.78 is 30.9. The van der Waals surface area contributed by atoms with Crippen molar-refractivity contribution in [3.8, 4) is 5.75 Å². The van der Waals surface area contributed by atoms with Crippen molar-refractivity contribution in [3.63, 3.8) is 0 Å². The minimum absolute atomic E-state index is 0.244. The summed E-state index contributed by atoms with van der Waals surface area (Å²) in [5, 5.41) is 5.59. The molecule has 3 aromatic carbocycles. The molecule has 2 amide bonds. The summed E-state index contributed by atoms with van der Waals surface area (Å²) in [6.07, 6.45) is 1.02. The van der Waals surface area contributed by atoms with E-state index in [0.29, 0.717) is 11.4 Å². The molecule has 2 N–H and O–H groups in total. The number of sulfonamides is 1. The first-order valence-corrected chi connectivity index (χ1v) is 12.4. The van der Waals surface area contributed by atoms with Gasteiger partial charge in [-0.15, -0.1) is 0 Å². The summed E-state index contributed by atoms with van der Waals surface area (Å²) in [6, 6.07) is 22.2. The van der Waals surface area contributed by atoms with Crippen molar-refractivity contribution in [2.24, 2.45) is 0 Å². The Morgan fingerprint density at radius 3 is 2.32 bits per heavy atom. The highest BCUT2D eigenvalue weighted by Crippen LogP contribution is 2.23. The second kappa shape index (κ2) is 10.8. The predicted molar refractivity (Wildman–Crippen MR) is 133 cm³/mol. The van der Waals surface area contributed by atoms with Crippen LogP contribution in [0.5, 0.6) is 5.75 Å². The van der Waals surface area contributed by atoms with Crippen LogP contribution in [0.3, 0.4) is 0 Å². The van der Waals surface area contributed by atoms with Crippen LogP contribution in [0.4, 0.5) is 11.4 Å². The number of hydrogen-bond donors (Lipinski definition) is 2. The molecule has 0 aromatic heterocycles. The lowest BCUT2D eigenvalue weighted by Gasteiger charge is -2.22. The minimum Gasteiger partial charge on any atom is -0.497 e. The van der Waals surface area contributed by atoms with Gasteiger partial charge >= 0.3 is 0 Å². The fourth-order valence-electron chi connectivity index (χ4n) is 3.38. The quantitative estimate of drug-likeness (QED) is 0.486. The lowest BCUT2D eigenvalue weighted by molar-refractivity contribution is -0.114. The molecule has 9 heteroatoms. The highest BCUT2D eigenvalue weighted by atomic mass is 32.2. The monoisotopic (exact) mass is 481 g/mol. The van der Waals surface area contributed by atoms with Gasteiger partial charge in [-0.05, 0) is 36.8 Å². The van der Waals surface area contributed by atoms with Crippen molar-refractivity contribution in [3.05, 3.63) is 90.0 Å². The van der Waals surface area contributed by atoms with Crippen LogP contribution in [0.1, 0.15) is 28.9 Å². The standard InChI is InChI=1S/C25H27N3O5S/c1-18(19-10-5-4-6-11-19)26-25(30)22-14-7-8-15-23(22)27-24(29)17-28(34(3,31)32)20-12-9-13-21(16-20)33-2/h4-16,18H,17H2,1-3H3,(H,26,30)(H,27,29)/t18-/m0/s1. The molecule has 3 rings (SSSR count). The molecular weight excluding hydrogens is 454 g/mol. The van der Waals surface area contributed by atoms with E-state index >= 15 is 0 Å². The molecule has 0 aliphatic heterocycles. The van der Waals surface area contributed by atoms with Crippen molar-refractivity contribution >= 4 is 33.2 Å². The van der Waals surface area contributed by atoms with Gasteiger partial charge in [0.15, 0.2) is 0 Å². The van der Waals surface area contributed by atoms with Gasteiger partial charge in [-0.2, -0.15) is 0 Å². The number of methoxy groups -OCH3 is 1. The molecule has 0 aliphatic rings. The first-order valence-electron chi connectivity index (χ1n) is 10.6. The number of amides is 2. The predicted octanol–water partition coefficient (Wildman–Crippen LogP) is 3.59. The number of nitrogens with zero attached hydrogens (tertiary/aromatic N) is 1. The van der Waals surface area contributed by atoms with Crippen LogP contribution in [-0.4, -0.2) is 40.1 Å². The third-order valence-corrected chi connectivity index (χ3v) is 6.26. The first kappa shape index (κ1) is 24.8. The Balaban J connectivity index is 1.77. The van der Waals surface area contributed by atoms with E-state index in [9.17, 15) is 18.0 Å². The van der Waals surface area contributed by atoms with Gasteiger partial charge in [-0.1, -0.05) is 48.5 Å². The summed E-state index contributed by atoms with van der Waals surface area (Å²) >= 11 is 0. The molecule has 178 valence electrons. The number of hydrogen-bond acceptors (Lipinski definition) is 5. The average Bonchev–Trinajstić information content (AvgIpc) is 2.82. The molecule has 1 atom stereocenters. The Hall–Kier alpha value is -3.85. The zero-order chi connectivity index (χ0) is 24.7. The van der Waals surface area contributed by atoms with Crippen molar-refractivity contribution in [2.75, 3.05) is 29.5 Å². The SMILES string of the molecule is COc1cccc(N(CC(=O)Nc2ccccc2C(=O)N[C@@H](C)c2ccccc2)S(C)(=O)=O)c1. The topological polar surface area (TPSA) is 105 Å². The largest absolute Gasteiger partial charge is 0.497 e. The number of benzene rings is 3. The summed E-state index contributed by atoms with van der Waals surface area (Å²) in [5.74, 6) is -0.495. The number of anilines is 2. The van der Waals surface area contributed by atoms with Crippen LogP contribution in [0.25, 0.3) is 0 Å². The first-order chi connectivity index (χ1) is 16.2. The number of para-hydroxylation sites is 1. The molecule has 0 bridgehead atoms. The molecule has 0 radical (unpaired) electrons. The van der Waals surface area contributed by atoms with E-state index in [-0.39, 0.29) is 23.2 Å². The van der Waals surface area contributed by atoms with E-state index in [1.54, 1.807) is 42.5 Å². The number of rotatable bonds is 9. The number of nitrogens with one attached hydrogen (secondary N) is 2. The Morgan fingerprint density at radius 1 is 0.971 bits per heavy atom. The van der Waals surface area contributed by atoms with E-state index in [4.69, 9.17) is 4.74 Å². The number of carbonyl (C=O) groups excluding carboxylic acids is 2. The number of ether oxygens (including phenoxy) is 1. The summed E-state index contributed by atoms with van der Waals surface area (Å²) in [4.78, 5) is 25.8. The molecule has 0 saturated carbocycles. The van der Waals surface area contributed by atoms with Crippen LogP contribution in [-0.2, 0) is 14.8 Å². The second-order valence-corrected chi connectivity index (χ2v) is 9.58. The summed E-state index contributed by atoms with van der Waals surface area (Å²) in [7, 11) is -2.30. The fraction of sp³-hybridized carbons (Fsp3) is 0.200. The highest BCUT2D eigenvalue weighted by molar-refractivity contribution is 7.92. The van der Waals surface area contributed by atoms with Crippen molar-refractivity contribution in [1.29, 1.82) is 0 Å². The highest BCUT2D eigenvalue weighted by Gasteiger charge is 2.23. The van der Waals surface area contributed by atoms with E-state index in [2.05, 4.69) is 10.6 Å². The van der Waals surface area contributed by atoms with Gasteiger partial charge < -0.3 is 15.4 Å². The molecule has 8 nitrogen and oxygen atoms in total. The summed E-state index contributed by atoms with van der Waals surface area (Å²) in [6.45, 7) is 1.40. The maximum Gasteiger partial charge on any atom is 0.253 e. The zero-order valence-electron chi connectivity index (χ0n) is 19.2. The van der Waals surface area contributed by atoms with Crippen molar-refractivity contribution < 1.29 is 22.7 Å². The Bertz CT molecular complexity index is 1260. The minimum atomic E-state index is -3.77. The van der Waals surface area contributed by atoms with Gasteiger partial charge in [0, 0.05) is 6.07 Å².